The van der Waals surface area contributed by atoms with Crippen LogP contribution < -0.4 is 0 Å². The number of rotatable bonds is 3. The molecule has 0 spiro atoms. The number of carbonyl (C=O) groups excluding carboxylic acids is 1. The second-order valence-electron chi connectivity index (χ2n) is 5.80. The fourth-order valence-electron chi connectivity index (χ4n) is 2.76. The lowest BCUT2D eigenvalue weighted by atomic mass is 10.1. The zero-order valence-corrected chi connectivity index (χ0v) is 13.3. The van der Waals surface area contributed by atoms with Gasteiger partial charge < -0.3 is 9.42 Å². The molecular formula is C16H15FN6O2. The molecule has 9 heteroatoms. The van der Waals surface area contributed by atoms with Crippen molar-refractivity contribution in [3.05, 3.63) is 42.2 Å². The van der Waals surface area contributed by atoms with Crippen LogP contribution in [0.4, 0.5) is 4.39 Å². The Hall–Kier alpha value is -3.10. The first-order valence-corrected chi connectivity index (χ1v) is 8.02. The van der Waals surface area contributed by atoms with E-state index in [-0.39, 0.29) is 23.4 Å². The molecule has 1 aliphatic heterocycles. The van der Waals surface area contributed by atoms with Crippen LogP contribution in [-0.2, 0) is 0 Å². The minimum absolute atomic E-state index is 0.0581. The number of likely N-dealkylation sites (tertiary alicyclic amines) is 1. The van der Waals surface area contributed by atoms with Crippen molar-refractivity contribution in [2.24, 2.45) is 0 Å². The second kappa shape index (κ2) is 6.42. The molecule has 4 rings (SSSR count). The molecule has 0 N–H and O–H groups in total. The topological polar surface area (TPSA) is 89.9 Å². The van der Waals surface area contributed by atoms with Gasteiger partial charge in [0.1, 0.15) is 5.82 Å². The van der Waals surface area contributed by atoms with Gasteiger partial charge in [0.25, 0.3) is 0 Å². The van der Waals surface area contributed by atoms with E-state index in [0.29, 0.717) is 24.5 Å². The standard InChI is InChI=1S/C16H15FN6O2/c17-11-5-4-6-12(9-11)23-10-13(19-21-23)14-18-15(25-20-14)16(24)22-7-2-1-3-8-22/h4-6,9-10H,1-3,7-8H2. The van der Waals surface area contributed by atoms with E-state index < -0.39 is 0 Å². The van der Waals surface area contributed by atoms with Crippen LogP contribution in [0.3, 0.4) is 0 Å². The van der Waals surface area contributed by atoms with Gasteiger partial charge in [0.05, 0.1) is 11.9 Å². The number of benzene rings is 1. The number of hydrogen-bond donors (Lipinski definition) is 0. The lowest BCUT2D eigenvalue weighted by molar-refractivity contribution is 0.0674. The number of nitrogens with zero attached hydrogens (tertiary/aromatic N) is 6. The van der Waals surface area contributed by atoms with Gasteiger partial charge in [0.15, 0.2) is 5.69 Å². The molecule has 1 amide bonds. The first-order valence-electron chi connectivity index (χ1n) is 8.02. The molecule has 1 fully saturated rings. The third-order valence-corrected chi connectivity index (χ3v) is 4.05. The number of piperidine rings is 1. The average molecular weight is 342 g/mol. The molecule has 25 heavy (non-hydrogen) atoms. The number of amides is 1. The van der Waals surface area contributed by atoms with Gasteiger partial charge in [-0.05, 0) is 37.5 Å². The van der Waals surface area contributed by atoms with Crippen LogP contribution in [0.5, 0.6) is 0 Å². The molecule has 2 aromatic heterocycles. The maximum Gasteiger partial charge on any atom is 0.316 e. The molecule has 1 aliphatic rings. The summed E-state index contributed by atoms with van der Waals surface area (Å²) in [4.78, 5) is 18.2. The Bertz CT molecular complexity index is 899. The van der Waals surface area contributed by atoms with Crippen molar-refractivity contribution in [2.75, 3.05) is 13.1 Å². The molecule has 0 bridgehead atoms. The van der Waals surface area contributed by atoms with E-state index in [1.807, 2.05) is 0 Å². The van der Waals surface area contributed by atoms with Crippen LogP contribution in [0.25, 0.3) is 17.2 Å². The minimum Gasteiger partial charge on any atom is -0.334 e. The number of halogens is 1. The summed E-state index contributed by atoms with van der Waals surface area (Å²) >= 11 is 0. The average Bonchev–Trinajstić information content (AvgIpc) is 3.31. The zero-order valence-electron chi connectivity index (χ0n) is 13.3. The highest BCUT2D eigenvalue weighted by molar-refractivity contribution is 5.90. The largest absolute Gasteiger partial charge is 0.334 e. The molecule has 0 radical (unpaired) electrons. The highest BCUT2D eigenvalue weighted by Gasteiger charge is 2.24. The molecule has 8 nitrogen and oxygen atoms in total. The molecule has 128 valence electrons. The van der Waals surface area contributed by atoms with Gasteiger partial charge in [-0.25, -0.2) is 9.07 Å². The molecular weight excluding hydrogens is 327 g/mol. The minimum atomic E-state index is -0.372. The number of hydrogen-bond acceptors (Lipinski definition) is 6. The van der Waals surface area contributed by atoms with Crippen molar-refractivity contribution < 1.29 is 13.7 Å². The monoisotopic (exact) mass is 342 g/mol. The normalized spacial score (nSPS) is 14.7. The Labute approximate surface area is 142 Å². The quantitative estimate of drug-likeness (QED) is 0.724. The van der Waals surface area contributed by atoms with Crippen LogP contribution in [0.1, 0.15) is 29.9 Å². The highest BCUT2D eigenvalue weighted by atomic mass is 19.1. The van der Waals surface area contributed by atoms with E-state index in [1.54, 1.807) is 23.2 Å². The molecule has 0 atom stereocenters. The first kappa shape index (κ1) is 15.4. The van der Waals surface area contributed by atoms with Crippen LogP contribution >= 0.6 is 0 Å². The van der Waals surface area contributed by atoms with Gasteiger partial charge in [-0.15, -0.1) is 5.10 Å². The summed E-state index contributed by atoms with van der Waals surface area (Å²) in [5.41, 5.74) is 0.859. The van der Waals surface area contributed by atoms with E-state index >= 15 is 0 Å². The maximum absolute atomic E-state index is 13.3. The molecule has 3 aromatic rings. The molecule has 1 saturated heterocycles. The van der Waals surface area contributed by atoms with Gasteiger partial charge >= 0.3 is 11.8 Å². The number of aromatic nitrogens is 5. The predicted molar refractivity (Wildman–Crippen MR) is 84.4 cm³/mol. The molecule has 0 unspecified atom stereocenters. The van der Waals surface area contributed by atoms with Gasteiger partial charge in [0, 0.05) is 13.1 Å². The van der Waals surface area contributed by atoms with E-state index in [0.717, 1.165) is 19.3 Å². The van der Waals surface area contributed by atoms with Gasteiger partial charge in [-0.3, -0.25) is 4.79 Å². The third kappa shape index (κ3) is 3.12. The van der Waals surface area contributed by atoms with E-state index in [4.69, 9.17) is 4.52 Å². The molecule has 0 saturated carbocycles. The van der Waals surface area contributed by atoms with Crippen LogP contribution in [0.15, 0.2) is 35.0 Å². The van der Waals surface area contributed by atoms with E-state index in [1.165, 1.54) is 16.8 Å². The summed E-state index contributed by atoms with van der Waals surface area (Å²) in [6.07, 6.45) is 4.64. The van der Waals surface area contributed by atoms with E-state index in [2.05, 4.69) is 20.5 Å². The van der Waals surface area contributed by atoms with Gasteiger partial charge in [-0.1, -0.05) is 16.4 Å². The van der Waals surface area contributed by atoms with Crippen molar-refractivity contribution >= 4 is 5.91 Å². The molecule has 0 aliphatic carbocycles. The van der Waals surface area contributed by atoms with Crippen LogP contribution in [0.2, 0.25) is 0 Å². The molecule has 1 aromatic carbocycles. The summed E-state index contributed by atoms with van der Waals surface area (Å²) in [5.74, 6) is -0.528. The van der Waals surface area contributed by atoms with Crippen molar-refractivity contribution in [2.45, 2.75) is 19.3 Å². The lowest BCUT2D eigenvalue weighted by Crippen LogP contribution is -2.35. The fourth-order valence-corrected chi connectivity index (χ4v) is 2.76. The maximum atomic E-state index is 13.3. The summed E-state index contributed by atoms with van der Waals surface area (Å²) in [7, 11) is 0. The SMILES string of the molecule is O=C(c1nc(-c2cn(-c3cccc(F)c3)nn2)no1)N1CCCCC1. The van der Waals surface area contributed by atoms with Crippen LogP contribution in [-0.4, -0.2) is 49.0 Å². The smallest absolute Gasteiger partial charge is 0.316 e. The fraction of sp³-hybridized carbons (Fsp3) is 0.312. The van der Waals surface area contributed by atoms with Crippen molar-refractivity contribution in [1.82, 2.24) is 30.0 Å². The Morgan fingerprint density at radius 2 is 2.04 bits per heavy atom. The number of carbonyl (C=O) groups is 1. The Kier molecular flexibility index (Phi) is 3.96. The Morgan fingerprint density at radius 1 is 1.20 bits per heavy atom. The van der Waals surface area contributed by atoms with Crippen molar-refractivity contribution in [3.63, 3.8) is 0 Å². The summed E-state index contributed by atoms with van der Waals surface area (Å²) < 4.78 is 19.8. The predicted octanol–water partition coefficient (Wildman–Crippen LogP) is 2.08. The van der Waals surface area contributed by atoms with Crippen LogP contribution in [0, 0.1) is 5.82 Å². The summed E-state index contributed by atoms with van der Waals surface area (Å²) in [5, 5.41) is 11.7. The zero-order chi connectivity index (χ0) is 17.2. The lowest BCUT2D eigenvalue weighted by Gasteiger charge is -2.24. The first-order chi connectivity index (χ1) is 12.2. The Balaban J connectivity index is 1.55. The second-order valence-corrected chi connectivity index (χ2v) is 5.80. The van der Waals surface area contributed by atoms with Gasteiger partial charge in [0.2, 0.25) is 5.82 Å². The summed E-state index contributed by atoms with van der Waals surface area (Å²) in [6.45, 7) is 1.40. The van der Waals surface area contributed by atoms with E-state index in [9.17, 15) is 9.18 Å². The third-order valence-electron chi connectivity index (χ3n) is 4.05. The Morgan fingerprint density at radius 3 is 2.84 bits per heavy atom. The van der Waals surface area contributed by atoms with Crippen molar-refractivity contribution in [1.29, 1.82) is 0 Å². The molecule has 3 heterocycles. The highest BCUT2D eigenvalue weighted by Crippen LogP contribution is 2.17. The van der Waals surface area contributed by atoms with Gasteiger partial charge in [-0.2, -0.15) is 4.98 Å². The summed E-state index contributed by atoms with van der Waals surface area (Å²) in [6, 6.07) is 5.96. The van der Waals surface area contributed by atoms with Crippen molar-refractivity contribution in [3.8, 4) is 17.2 Å².